The number of aromatic nitrogens is 1. The van der Waals surface area contributed by atoms with Crippen LogP contribution >= 0.6 is 24.2 Å². The molecule has 0 amide bonds. The second-order valence-corrected chi connectivity index (χ2v) is 5.43. The zero-order valence-electron chi connectivity index (χ0n) is 10.7. The average molecular weight is 290 g/mol. The van der Waals surface area contributed by atoms with Crippen LogP contribution in [0, 0.1) is 0 Å². The SMILES string of the molecule is CC=N/C(=C(/C)S)c1cccc(-n2sccc2=O)c1. The lowest BCUT2D eigenvalue weighted by atomic mass is 10.1. The molecule has 1 aromatic heterocycles. The lowest BCUT2D eigenvalue weighted by Crippen LogP contribution is -2.09. The van der Waals surface area contributed by atoms with Crippen LogP contribution in [0.5, 0.6) is 0 Å². The van der Waals surface area contributed by atoms with Crippen LogP contribution in [-0.4, -0.2) is 10.2 Å². The van der Waals surface area contributed by atoms with Crippen LogP contribution in [0.15, 0.2) is 50.4 Å². The highest BCUT2D eigenvalue weighted by atomic mass is 32.1. The Kier molecular flexibility index (Phi) is 4.39. The smallest absolute Gasteiger partial charge is 0.265 e. The van der Waals surface area contributed by atoms with Crippen molar-refractivity contribution in [3.63, 3.8) is 0 Å². The third-order valence-corrected chi connectivity index (χ3v) is 3.60. The Morgan fingerprint density at radius 2 is 2.21 bits per heavy atom. The first kappa shape index (κ1) is 13.8. The summed E-state index contributed by atoms with van der Waals surface area (Å²) in [5.41, 5.74) is 2.59. The first-order chi connectivity index (χ1) is 9.13. The van der Waals surface area contributed by atoms with Gasteiger partial charge in [0.2, 0.25) is 0 Å². The molecule has 0 fully saturated rings. The zero-order chi connectivity index (χ0) is 13.8. The molecule has 0 N–H and O–H groups in total. The van der Waals surface area contributed by atoms with Gasteiger partial charge in [-0.1, -0.05) is 23.7 Å². The van der Waals surface area contributed by atoms with Crippen molar-refractivity contribution in [1.29, 1.82) is 0 Å². The first-order valence-electron chi connectivity index (χ1n) is 5.80. The number of rotatable bonds is 3. The lowest BCUT2D eigenvalue weighted by Gasteiger charge is -2.07. The van der Waals surface area contributed by atoms with Gasteiger partial charge in [0.05, 0.1) is 11.4 Å². The van der Waals surface area contributed by atoms with E-state index in [1.54, 1.807) is 21.6 Å². The van der Waals surface area contributed by atoms with Gasteiger partial charge in [0, 0.05) is 28.1 Å². The molecule has 2 rings (SSSR count). The minimum Gasteiger partial charge on any atom is -0.268 e. The van der Waals surface area contributed by atoms with E-state index in [-0.39, 0.29) is 5.56 Å². The Labute approximate surface area is 121 Å². The number of hydrogen-bond acceptors (Lipinski definition) is 4. The van der Waals surface area contributed by atoms with Gasteiger partial charge >= 0.3 is 0 Å². The fraction of sp³-hybridized carbons (Fsp3) is 0.143. The molecule has 0 spiro atoms. The summed E-state index contributed by atoms with van der Waals surface area (Å²) in [6, 6.07) is 9.29. The second-order valence-electron chi connectivity index (χ2n) is 3.91. The van der Waals surface area contributed by atoms with Gasteiger partial charge in [-0.2, -0.15) is 0 Å². The Bertz CT molecular complexity index is 691. The van der Waals surface area contributed by atoms with Crippen LogP contribution in [0.2, 0.25) is 0 Å². The second kappa shape index (κ2) is 6.04. The summed E-state index contributed by atoms with van der Waals surface area (Å²) in [5.74, 6) is 0. The number of thiol groups is 1. The van der Waals surface area contributed by atoms with Gasteiger partial charge in [-0.05, 0) is 26.0 Å². The van der Waals surface area contributed by atoms with Crippen LogP contribution in [0.1, 0.15) is 19.4 Å². The Morgan fingerprint density at radius 3 is 2.79 bits per heavy atom. The van der Waals surface area contributed by atoms with Crippen molar-refractivity contribution in [2.75, 3.05) is 0 Å². The van der Waals surface area contributed by atoms with Crippen LogP contribution in [0.3, 0.4) is 0 Å². The Hall–Kier alpha value is -1.59. The fourth-order valence-electron chi connectivity index (χ4n) is 1.74. The fourth-order valence-corrected chi connectivity index (χ4v) is 2.63. The van der Waals surface area contributed by atoms with E-state index in [0.29, 0.717) is 0 Å². The number of nitrogens with zero attached hydrogens (tertiary/aromatic N) is 2. The maximum Gasteiger partial charge on any atom is 0.265 e. The topological polar surface area (TPSA) is 34.4 Å². The predicted molar refractivity (Wildman–Crippen MR) is 85.7 cm³/mol. The normalized spacial score (nSPS) is 12.8. The Morgan fingerprint density at radius 1 is 1.42 bits per heavy atom. The summed E-state index contributed by atoms with van der Waals surface area (Å²) in [4.78, 5) is 16.9. The van der Waals surface area contributed by atoms with Gasteiger partial charge in [0.1, 0.15) is 0 Å². The predicted octanol–water partition coefficient (Wildman–Crippen LogP) is 3.61. The number of hydrogen-bond donors (Lipinski definition) is 1. The zero-order valence-corrected chi connectivity index (χ0v) is 12.4. The van der Waals surface area contributed by atoms with E-state index >= 15 is 0 Å². The molecular weight excluding hydrogens is 276 g/mol. The minimum absolute atomic E-state index is 0.0192. The molecule has 3 nitrogen and oxygen atoms in total. The van der Waals surface area contributed by atoms with E-state index in [0.717, 1.165) is 21.9 Å². The van der Waals surface area contributed by atoms with Crippen LogP contribution < -0.4 is 5.56 Å². The highest BCUT2D eigenvalue weighted by Gasteiger charge is 2.06. The average Bonchev–Trinajstić information content (AvgIpc) is 2.82. The van der Waals surface area contributed by atoms with Crippen LogP contribution in [0.25, 0.3) is 11.4 Å². The highest BCUT2D eigenvalue weighted by Crippen LogP contribution is 2.24. The van der Waals surface area contributed by atoms with Crippen LogP contribution in [0.4, 0.5) is 0 Å². The maximum atomic E-state index is 11.7. The lowest BCUT2D eigenvalue weighted by molar-refractivity contribution is 1.13. The van der Waals surface area contributed by atoms with Crippen molar-refractivity contribution in [2.24, 2.45) is 4.99 Å². The molecule has 0 radical (unpaired) electrons. The summed E-state index contributed by atoms with van der Waals surface area (Å²) in [6.07, 6.45) is 1.74. The van der Waals surface area contributed by atoms with Crippen molar-refractivity contribution in [3.05, 3.63) is 56.5 Å². The van der Waals surface area contributed by atoms with Crippen molar-refractivity contribution < 1.29 is 0 Å². The van der Waals surface area contributed by atoms with E-state index in [1.807, 2.05) is 38.1 Å². The summed E-state index contributed by atoms with van der Waals surface area (Å²) < 4.78 is 1.64. The van der Waals surface area contributed by atoms with Gasteiger partial charge in [-0.15, -0.1) is 12.6 Å². The molecule has 0 atom stereocenters. The molecule has 0 aliphatic rings. The van der Waals surface area contributed by atoms with E-state index in [4.69, 9.17) is 0 Å². The third kappa shape index (κ3) is 3.05. The van der Waals surface area contributed by atoms with Crippen molar-refractivity contribution >= 4 is 36.1 Å². The van der Waals surface area contributed by atoms with Crippen LogP contribution in [-0.2, 0) is 0 Å². The minimum atomic E-state index is -0.0192. The van der Waals surface area contributed by atoms with Gasteiger partial charge < -0.3 is 0 Å². The highest BCUT2D eigenvalue weighted by molar-refractivity contribution is 7.84. The molecule has 0 aliphatic carbocycles. The summed E-state index contributed by atoms with van der Waals surface area (Å²) in [7, 11) is 0. The number of allylic oxidation sites excluding steroid dienone is 1. The van der Waals surface area contributed by atoms with Gasteiger partial charge in [-0.3, -0.25) is 9.79 Å². The largest absolute Gasteiger partial charge is 0.268 e. The number of aliphatic imine (C=N–C) groups is 1. The van der Waals surface area contributed by atoms with Crippen molar-refractivity contribution in [3.8, 4) is 5.69 Å². The van der Waals surface area contributed by atoms with Gasteiger partial charge in [-0.25, -0.2) is 3.96 Å². The molecule has 0 saturated carbocycles. The molecule has 2 aromatic rings. The molecule has 19 heavy (non-hydrogen) atoms. The van der Waals surface area contributed by atoms with Gasteiger partial charge in [0.15, 0.2) is 0 Å². The maximum absolute atomic E-state index is 11.7. The molecule has 1 aromatic carbocycles. The quantitative estimate of drug-likeness (QED) is 0.680. The summed E-state index contributed by atoms with van der Waals surface area (Å²) in [5, 5.41) is 1.78. The molecule has 0 bridgehead atoms. The summed E-state index contributed by atoms with van der Waals surface area (Å²) >= 11 is 5.74. The molecule has 0 saturated heterocycles. The number of benzene rings is 1. The molecule has 1 heterocycles. The molecule has 5 heteroatoms. The van der Waals surface area contributed by atoms with Crippen molar-refractivity contribution in [2.45, 2.75) is 13.8 Å². The first-order valence-corrected chi connectivity index (χ1v) is 7.08. The standard InChI is InChI=1S/C14H14N2OS2/c1-3-15-14(10(2)18)11-5-4-6-12(9-11)16-13(17)7-8-19-16/h3-9,18H,1-2H3/b14-10-,15-3?. The van der Waals surface area contributed by atoms with E-state index in [1.165, 1.54) is 11.5 Å². The molecular formula is C14H14N2OS2. The van der Waals surface area contributed by atoms with Crippen molar-refractivity contribution in [1.82, 2.24) is 3.96 Å². The Balaban J connectivity index is 2.54. The molecule has 98 valence electrons. The van der Waals surface area contributed by atoms with E-state index in [2.05, 4.69) is 17.6 Å². The third-order valence-electron chi connectivity index (χ3n) is 2.53. The van der Waals surface area contributed by atoms with Gasteiger partial charge in [0.25, 0.3) is 5.56 Å². The molecule has 0 unspecified atom stereocenters. The van der Waals surface area contributed by atoms with E-state index in [9.17, 15) is 4.79 Å². The summed E-state index contributed by atoms with van der Waals surface area (Å²) in [6.45, 7) is 3.76. The van der Waals surface area contributed by atoms with E-state index < -0.39 is 0 Å². The monoisotopic (exact) mass is 290 g/mol. The molecule has 0 aliphatic heterocycles.